The van der Waals surface area contributed by atoms with Crippen LogP contribution in [0.15, 0.2) is 6.07 Å². The molecule has 0 spiro atoms. The molecular weight excluding hydrogens is 254 g/mol. The van der Waals surface area contributed by atoms with Crippen LogP contribution in [0.4, 0.5) is 0 Å². The second-order valence-corrected chi connectivity index (χ2v) is 5.15. The second kappa shape index (κ2) is 5.67. The highest BCUT2D eigenvalue weighted by Crippen LogP contribution is 2.43. The molecular formula is C13H20ClNO3. The summed E-state index contributed by atoms with van der Waals surface area (Å²) in [5, 5.41) is 0.479. The van der Waals surface area contributed by atoms with E-state index in [0.29, 0.717) is 28.7 Å². The van der Waals surface area contributed by atoms with Crippen LogP contribution >= 0.6 is 11.6 Å². The first-order chi connectivity index (χ1) is 8.34. The predicted molar refractivity (Wildman–Crippen MR) is 73.1 cm³/mol. The van der Waals surface area contributed by atoms with Gasteiger partial charge in [0, 0.05) is 17.2 Å². The van der Waals surface area contributed by atoms with Gasteiger partial charge in [0.25, 0.3) is 0 Å². The Morgan fingerprint density at radius 3 is 2.06 bits per heavy atom. The SMILES string of the molecule is COc1cc(OC)c(OC)c(Cl)c1CC(C)(C)N. The van der Waals surface area contributed by atoms with Crippen LogP contribution in [0.3, 0.4) is 0 Å². The van der Waals surface area contributed by atoms with Crippen molar-refractivity contribution in [3.8, 4) is 17.2 Å². The molecule has 18 heavy (non-hydrogen) atoms. The molecule has 0 bridgehead atoms. The number of hydrogen-bond acceptors (Lipinski definition) is 4. The molecule has 0 unspecified atom stereocenters. The highest BCUT2D eigenvalue weighted by atomic mass is 35.5. The molecule has 0 aliphatic heterocycles. The lowest BCUT2D eigenvalue weighted by Crippen LogP contribution is -2.34. The molecule has 0 heterocycles. The summed E-state index contributed by atoms with van der Waals surface area (Å²) in [4.78, 5) is 0. The summed E-state index contributed by atoms with van der Waals surface area (Å²) in [5.74, 6) is 1.69. The molecule has 0 aliphatic rings. The molecule has 0 fully saturated rings. The number of rotatable bonds is 5. The van der Waals surface area contributed by atoms with E-state index in [1.165, 1.54) is 0 Å². The Morgan fingerprint density at radius 2 is 1.67 bits per heavy atom. The maximum absolute atomic E-state index is 6.34. The lowest BCUT2D eigenvalue weighted by molar-refractivity contribution is 0.346. The van der Waals surface area contributed by atoms with Crippen molar-refractivity contribution in [1.82, 2.24) is 0 Å². The van der Waals surface area contributed by atoms with Crippen molar-refractivity contribution in [2.24, 2.45) is 5.73 Å². The van der Waals surface area contributed by atoms with E-state index < -0.39 is 5.54 Å². The lowest BCUT2D eigenvalue weighted by Gasteiger charge is -2.23. The zero-order valence-electron chi connectivity index (χ0n) is 11.5. The standard InChI is InChI=1S/C13H20ClNO3/c1-13(2,15)7-8-9(16-3)6-10(17-4)12(18-5)11(8)14/h6H,7,15H2,1-5H3. The van der Waals surface area contributed by atoms with Crippen LogP contribution in [0.2, 0.25) is 5.02 Å². The fourth-order valence-corrected chi connectivity index (χ4v) is 2.10. The lowest BCUT2D eigenvalue weighted by atomic mass is 9.95. The van der Waals surface area contributed by atoms with E-state index in [-0.39, 0.29) is 0 Å². The fraction of sp³-hybridized carbons (Fsp3) is 0.538. The molecule has 1 aromatic carbocycles. The normalized spacial score (nSPS) is 11.3. The smallest absolute Gasteiger partial charge is 0.179 e. The van der Waals surface area contributed by atoms with Gasteiger partial charge in [-0.15, -0.1) is 0 Å². The number of nitrogens with two attached hydrogens (primary N) is 1. The highest BCUT2D eigenvalue weighted by molar-refractivity contribution is 6.33. The maximum Gasteiger partial charge on any atom is 0.179 e. The second-order valence-electron chi connectivity index (χ2n) is 4.77. The molecule has 0 amide bonds. The molecule has 0 saturated carbocycles. The molecule has 0 atom stereocenters. The first-order valence-electron chi connectivity index (χ1n) is 5.60. The van der Waals surface area contributed by atoms with Gasteiger partial charge in [0.05, 0.1) is 26.4 Å². The van der Waals surface area contributed by atoms with Gasteiger partial charge in [0.1, 0.15) is 5.75 Å². The van der Waals surface area contributed by atoms with E-state index >= 15 is 0 Å². The van der Waals surface area contributed by atoms with Crippen molar-refractivity contribution < 1.29 is 14.2 Å². The molecule has 0 aliphatic carbocycles. The first kappa shape index (κ1) is 14.9. The van der Waals surface area contributed by atoms with Crippen molar-refractivity contribution in [2.45, 2.75) is 25.8 Å². The summed E-state index contributed by atoms with van der Waals surface area (Å²) >= 11 is 6.34. The van der Waals surface area contributed by atoms with E-state index in [1.54, 1.807) is 27.4 Å². The molecule has 102 valence electrons. The van der Waals surface area contributed by atoms with Crippen molar-refractivity contribution in [3.63, 3.8) is 0 Å². The Balaban J connectivity index is 3.39. The molecule has 0 saturated heterocycles. The largest absolute Gasteiger partial charge is 0.496 e. The van der Waals surface area contributed by atoms with Crippen LogP contribution in [-0.4, -0.2) is 26.9 Å². The summed E-state index contributed by atoms with van der Waals surface area (Å²) in [6.07, 6.45) is 0.579. The van der Waals surface area contributed by atoms with Crippen molar-refractivity contribution in [3.05, 3.63) is 16.7 Å². The molecule has 0 aromatic heterocycles. The Labute approximate surface area is 113 Å². The average molecular weight is 274 g/mol. The van der Waals surface area contributed by atoms with Crippen LogP contribution in [-0.2, 0) is 6.42 Å². The minimum Gasteiger partial charge on any atom is -0.496 e. The summed E-state index contributed by atoms with van der Waals surface area (Å²) in [5.41, 5.74) is 6.47. The number of ether oxygens (including phenoxy) is 3. The summed E-state index contributed by atoms with van der Waals surface area (Å²) in [6, 6.07) is 1.76. The third-order valence-corrected chi connectivity index (χ3v) is 2.92. The van der Waals surface area contributed by atoms with Crippen molar-refractivity contribution in [2.75, 3.05) is 21.3 Å². The van der Waals surface area contributed by atoms with Gasteiger partial charge >= 0.3 is 0 Å². The first-order valence-corrected chi connectivity index (χ1v) is 5.98. The maximum atomic E-state index is 6.34. The van der Waals surface area contributed by atoms with Gasteiger partial charge in [-0.25, -0.2) is 0 Å². The molecule has 1 rings (SSSR count). The van der Waals surface area contributed by atoms with Gasteiger partial charge < -0.3 is 19.9 Å². The van der Waals surface area contributed by atoms with E-state index in [0.717, 1.165) is 5.56 Å². The predicted octanol–water partition coefficient (Wildman–Crippen LogP) is 2.65. The Kier molecular flexibility index (Phi) is 4.71. The number of methoxy groups -OCH3 is 3. The monoisotopic (exact) mass is 273 g/mol. The van der Waals surface area contributed by atoms with Crippen molar-refractivity contribution >= 4 is 11.6 Å². The van der Waals surface area contributed by atoms with E-state index in [2.05, 4.69) is 0 Å². The van der Waals surface area contributed by atoms with Crippen LogP contribution < -0.4 is 19.9 Å². The van der Waals surface area contributed by atoms with Crippen LogP contribution in [0.25, 0.3) is 0 Å². The van der Waals surface area contributed by atoms with E-state index in [4.69, 9.17) is 31.5 Å². The number of halogens is 1. The van der Waals surface area contributed by atoms with Gasteiger partial charge in [-0.05, 0) is 20.3 Å². The minimum absolute atomic E-state index is 0.392. The molecule has 2 N–H and O–H groups in total. The van der Waals surface area contributed by atoms with Gasteiger partial charge in [0.15, 0.2) is 11.5 Å². The topological polar surface area (TPSA) is 53.7 Å². The third-order valence-electron chi connectivity index (χ3n) is 2.52. The quantitative estimate of drug-likeness (QED) is 0.896. The number of benzene rings is 1. The van der Waals surface area contributed by atoms with Gasteiger partial charge in [-0.3, -0.25) is 0 Å². The van der Waals surface area contributed by atoms with Gasteiger partial charge in [0.2, 0.25) is 0 Å². The summed E-state index contributed by atoms with van der Waals surface area (Å²) in [7, 11) is 4.69. The van der Waals surface area contributed by atoms with Crippen LogP contribution in [0, 0.1) is 0 Å². The molecule has 0 radical (unpaired) electrons. The fourth-order valence-electron chi connectivity index (χ4n) is 1.77. The Hall–Kier alpha value is -1.13. The van der Waals surface area contributed by atoms with Gasteiger partial charge in [-0.2, -0.15) is 0 Å². The van der Waals surface area contributed by atoms with Gasteiger partial charge in [-0.1, -0.05) is 11.6 Å². The van der Waals surface area contributed by atoms with Crippen LogP contribution in [0.5, 0.6) is 17.2 Å². The summed E-state index contributed by atoms with van der Waals surface area (Å²) in [6.45, 7) is 3.86. The van der Waals surface area contributed by atoms with E-state index in [1.807, 2.05) is 13.8 Å². The Morgan fingerprint density at radius 1 is 1.11 bits per heavy atom. The van der Waals surface area contributed by atoms with E-state index in [9.17, 15) is 0 Å². The molecule has 5 heteroatoms. The highest BCUT2D eigenvalue weighted by Gasteiger charge is 2.23. The average Bonchev–Trinajstić information content (AvgIpc) is 2.29. The molecule has 4 nitrogen and oxygen atoms in total. The van der Waals surface area contributed by atoms with Crippen LogP contribution in [0.1, 0.15) is 19.4 Å². The Bertz CT molecular complexity index is 427. The third kappa shape index (κ3) is 3.21. The number of hydrogen-bond donors (Lipinski definition) is 1. The minimum atomic E-state index is -0.392. The zero-order valence-corrected chi connectivity index (χ0v) is 12.2. The van der Waals surface area contributed by atoms with Crippen molar-refractivity contribution in [1.29, 1.82) is 0 Å². The molecule has 1 aromatic rings. The zero-order chi connectivity index (χ0) is 13.9. The summed E-state index contributed by atoms with van der Waals surface area (Å²) < 4.78 is 15.8.